The van der Waals surface area contributed by atoms with Crippen molar-refractivity contribution in [3.05, 3.63) is 82.9 Å². The summed E-state index contributed by atoms with van der Waals surface area (Å²) in [6, 6.07) is 16.5. The summed E-state index contributed by atoms with van der Waals surface area (Å²) in [5, 5.41) is 39.2. The Morgan fingerprint density at radius 2 is 1.64 bits per heavy atom. The van der Waals surface area contributed by atoms with Crippen LogP contribution in [0.25, 0.3) is 0 Å². The number of amides is 1. The number of aliphatic hydroxyl groups excluding tert-OH is 2. The molecular formula is C45H59NO12. The Hall–Kier alpha value is -4.14. The lowest BCUT2D eigenvalue weighted by Gasteiger charge is -2.68. The van der Waals surface area contributed by atoms with Crippen molar-refractivity contribution in [2.75, 3.05) is 13.2 Å². The fourth-order valence-electron chi connectivity index (χ4n) is 10.3. The van der Waals surface area contributed by atoms with E-state index in [-0.39, 0.29) is 31.3 Å². The zero-order valence-corrected chi connectivity index (χ0v) is 34.9. The van der Waals surface area contributed by atoms with E-state index in [1.807, 2.05) is 44.2 Å². The highest BCUT2D eigenvalue weighted by Crippen LogP contribution is 2.66. The van der Waals surface area contributed by atoms with E-state index in [2.05, 4.69) is 5.32 Å². The lowest BCUT2D eigenvalue weighted by Crippen LogP contribution is -2.80. The second-order valence-corrected chi connectivity index (χ2v) is 18.3. The number of aliphatic hydroxyl groups is 3. The smallest absolute Gasteiger partial charge is 0.408 e. The molecule has 0 unspecified atom stereocenters. The Bertz CT molecular complexity index is 1910. The number of fused-ring (bicyclic) bond motifs is 5. The third kappa shape index (κ3) is 7.38. The van der Waals surface area contributed by atoms with Gasteiger partial charge < -0.3 is 44.3 Å². The molecule has 13 nitrogen and oxygen atoms in total. The second kappa shape index (κ2) is 15.8. The first-order chi connectivity index (χ1) is 27.1. The molecule has 1 heterocycles. The van der Waals surface area contributed by atoms with Crippen LogP contribution in [0.15, 0.2) is 71.8 Å². The number of ketones is 1. The predicted octanol–water partition coefficient (Wildman–Crippen LogP) is 5.14. The minimum Gasteiger partial charge on any atom is -0.456 e. The molecule has 1 aliphatic heterocycles. The molecule has 2 bridgehead atoms. The van der Waals surface area contributed by atoms with E-state index < -0.39 is 94.6 Å². The van der Waals surface area contributed by atoms with Crippen molar-refractivity contribution >= 4 is 23.8 Å². The first-order valence-corrected chi connectivity index (χ1v) is 20.1. The molecule has 4 aliphatic rings. The number of carbonyl (C=O) groups excluding carboxylic acids is 4. The number of alkyl carbamates (subject to hydrolysis) is 1. The minimum atomic E-state index is -1.95. The summed E-state index contributed by atoms with van der Waals surface area (Å²) < 4.78 is 30.8. The number of benzene rings is 2. The van der Waals surface area contributed by atoms with Crippen LogP contribution < -0.4 is 5.32 Å². The van der Waals surface area contributed by atoms with Crippen molar-refractivity contribution in [1.29, 1.82) is 0 Å². The van der Waals surface area contributed by atoms with Gasteiger partial charge in [0.05, 0.1) is 37.9 Å². The summed E-state index contributed by atoms with van der Waals surface area (Å²) in [6.07, 6.45) is -5.74. The van der Waals surface area contributed by atoms with Crippen molar-refractivity contribution in [1.82, 2.24) is 5.32 Å². The third-order valence-electron chi connectivity index (χ3n) is 13.4. The number of hydrogen-bond donors (Lipinski definition) is 4. The van der Waals surface area contributed by atoms with Crippen molar-refractivity contribution in [2.24, 2.45) is 28.6 Å². The van der Waals surface area contributed by atoms with Gasteiger partial charge in [-0.2, -0.15) is 0 Å². The van der Waals surface area contributed by atoms with E-state index in [1.165, 1.54) is 6.92 Å². The largest absolute Gasteiger partial charge is 0.456 e. The maximum atomic E-state index is 15.4. The number of rotatable bonds is 10. The Morgan fingerprint density at radius 3 is 2.19 bits per heavy atom. The topological polar surface area (TPSA) is 187 Å². The van der Waals surface area contributed by atoms with Crippen LogP contribution in [0.1, 0.15) is 92.3 Å². The standard InChI is InChI=1S/C45H59NO12/c1-25-20-32-44(24-55-32,57-27(3)48)36-38(54-23-28-16-12-10-13-17-28)45(53)21-31(26(2)33(42(45,7)8)30(22-47)37(50)43(25,36)9)56-39(51)35(49)34(29-18-14-11-15-19-29)46-40(52)58-41(4,5)6/h10-19,25,30-32,34-36,38,47,49,53H,20-24H2,1-9H3,(H,46,52)/t25-,30+,31-,32+,34-,35+,36-,38-,43+,44-,45+/m0/s1. The van der Waals surface area contributed by atoms with Crippen molar-refractivity contribution < 1.29 is 58.2 Å². The molecule has 1 amide bonds. The van der Waals surface area contributed by atoms with Crippen molar-refractivity contribution in [3.8, 4) is 0 Å². The highest BCUT2D eigenvalue weighted by atomic mass is 16.6. The molecule has 0 aromatic heterocycles. The van der Waals surface area contributed by atoms with Crippen molar-refractivity contribution in [2.45, 2.75) is 129 Å². The van der Waals surface area contributed by atoms with E-state index in [1.54, 1.807) is 71.9 Å². The van der Waals surface area contributed by atoms with E-state index in [0.29, 0.717) is 23.1 Å². The first kappa shape index (κ1) is 43.4. The van der Waals surface area contributed by atoms with Crippen LogP contribution in [-0.2, 0) is 44.7 Å². The van der Waals surface area contributed by atoms with Gasteiger partial charge in [-0.25, -0.2) is 9.59 Å². The van der Waals surface area contributed by atoms with Crippen LogP contribution in [-0.4, -0.2) is 93.6 Å². The van der Waals surface area contributed by atoms with Crippen LogP contribution in [0.3, 0.4) is 0 Å². The summed E-state index contributed by atoms with van der Waals surface area (Å²) in [4.78, 5) is 55.6. The highest BCUT2D eigenvalue weighted by molar-refractivity contribution is 5.91. The van der Waals surface area contributed by atoms with Gasteiger partial charge in [-0.1, -0.05) is 88.4 Å². The van der Waals surface area contributed by atoms with Gasteiger partial charge in [0.15, 0.2) is 11.7 Å². The molecule has 6 rings (SSSR count). The van der Waals surface area contributed by atoms with Crippen molar-refractivity contribution in [3.63, 3.8) is 0 Å². The lowest BCUT2D eigenvalue weighted by atomic mass is 9.42. The number of Topliss-reactive ketones (excluding diaryl/α,β-unsaturated/α-hetero) is 1. The Kier molecular flexibility index (Phi) is 11.8. The SMILES string of the molecule is CC(=O)O[C@@]12CO[C@@H]1C[C@H](C)[C@@]1(C)C(=O)[C@H](CO)C3=C(C)[C@@H](OC(=O)[C@H](O)[C@@H](NC(=O)OC(C)(C)C)c4ccccc4)C[C@@](O)([C@@H](OCc4ccccc4)[C@H]21)C3(C)C. The fourth-order valence-corrected chi connectivity index (χ4v) is 10.3. The molecule has 316 valence electrons. The average molecular weight is 806 g/mol. The summed E-state index contributed by atoms with van der Waals surface area (Å²) in [6.45, 7) is 14.7. The fraction of sp³-hybridized carbons (Fsp3) is 0.600. The maximum Gasteiger partial charge on any atom is 0.408 e. The third-order valence-corrected chi connectivity index (χ3v) is 13.4. The van der Waals surface area contributed by atoms with E-state index >= 15 is 4.79 Å². The van der Waals surface area contributed by atoms with Gasteiger partial charge >= 0.3 is 18.0 Å². The predicted molar refractivity (Wildman–Crippen MR) is 211 cm³/mol. The van der Waals surface area contributed by atoms with E-state index in [4.69, 9.17) is 23.7 Å². The molecule has 11 atom stereocenters. The second-order valence-electron chi connectivity index (χ2n) is 18.3. The van der Waals surface area contributed by atoms with Gasteiger partial charge in [-0.15, -0.1) is 0 Å². The van der Waals surface area contributed by atoms with Gasteiger partial charge in [0.25, 0.3) is 0 Å². The van der Waals surface area contributed by atoms with E-state index in [9.17, 15) is 29.7 Å². The molecule has 3 aliphatic carbocycles. The summed E-state index contributed by atoms with van der Waals surface area (Å²) in [5.74, 6) is -4.51. The molecule has 2 aromatic rings. The Morgan fingerprint density at radius 1 is 1.02 bits per heavy atom. The van der Waals surface area contributed by atoms with Gasteiger partial charge in [0.1, 0.15) is 29.2 Å². The normalized spacial score (nSPS) is 33.8. The number of hydrogen-bond acceptors (Lipinski definition) is 12. The van der Waals surface area contributed by atoms with Crippen LogP contribution in [0.4, 0.5) is 4.79 Å². The highest BCUT2D eigenvalue weighted by Gasteiger charge is 2.76. The monoisotopic (exact) mass is 805 g/mol. The molecule has 2 saturated carbocycles. The van der Waals surface area contributed by atoms with E-state index in [0.717, 1.165) is 5.56 Å². The summed E-state index contributed by atoms with van der Waals surface area (Å²) >= 11 is 0. The Balaban J connectivity index is 1.48. The molecular weight excluding hydrogens is 746 g/mol. The van der Waals surface area contributed by atoms with Gasteiger partial charge in [-0.3, -0.25) is 9.59 Å². The zero-order chi connectivity index (χ0) is 42.6. The summed E-state index contributed by atoms with van der Waals surface area (Å²) in [5.41, 5.74) is -4.79. The van der Waals surface area contributed by atoms with Crippen LogP contribution >= 0.6 is 0 Å². The number of esters is 2. The molecule has 0 radical (unpaired) electrons. The molecule has 3 fully saturated rings. The number of ether oxygens (including phenoxy) is 5. The number of nitrogens with one attached hydrogen (secondary N) is 1. The van der Waals surface area contributed by atoms with Gasteiger partial charge in [0.2, 0.25) is 0 Å². The number of carbonyl (C=O) groups is 4. The first-order valence-electron chi connectivity index (χ1n) is 20.1. The maximum absolute atomic E-state index is 15.4. The van der Waals surface area contributed by atoms with Gasteiger partial charge in [0, 0.05) is 30.1 Å². The van der Waals surface area contributed by atoms with Crippen LogP contribution in [0.5, 0.6) is 0 Å². The molecule has 13 heteroatoms. The molecule has 0 spiro atoms. The van der Waals surface area contributed by atoms with Gasteiger partial charge in [-0.05, 0) is 62.3 Å². The average Bonchev–Trinajstić information content (AvgIpc) is 3.15. The quantitative estimate of drug-likeness (QED) is 0.141. The minimum absolute atomic E-state index is 0.0143. The summed E-state index contributed by atoms with van der Waals surface area (Å²) in [7, 11) is 0. The molecule has 1 saturated heterocycles. The van der Waals surface area contributed by atoms with Crippen LogP contribution in [0, 0.1) is 28.6 Å². The lowest BCUT2D eigenvalue weighted by molar-refractivity contribution is -0.346. The van der Waals surface area contributed by atoms with Crippen LogP contribution in [0.2, 0.25) is 0 Å². The molecule has 58 heavy (non-hydrogen) atoms. The molecule has 4 N–H and O–H groups in total. The zero-order valence-electron chi connectivity index (χ0n) is 34.9. The Labute approximate surface area is 340 Å². The molecule has 2 aromatic carbocycles.